The highest BCUT2D eigenvalue weighted by atomic mass is 32.2. The zero-order valence-corrected chi connectivity index (χ0v) is 20.2. The minimum atomic E-state index is -3.45. The first-order chi connectivity index (χ1) is 16.1. The SMILES string of the molecule is CC(=O)OCC(=O)OCC(=O)OCC(=O)OCC(=O)OC(C)(C)C(=O)c1ccc(S(C)(=O)=O)cc1. The summed E-state index contributed by atoms with van der Waals surface area (Å²) in [6.07, 6.45) is 1.01. The Kier molecular flexibility index (Phi) is 10.5. The van der Waals surface area contributed by atoms with Gasteiger partial charge >= 0.3 is 29.8 Å². The molecule has 0 radical (unpaired) electrons. The summed E-state index contributed by atoms with van der Waals surface area (Å²) in [4.78, 5) is 69.4. The minimum absolute atomic E-state index is 0.0108. The van der Waals surface area contributed by atoms with Crippen molar-refractivity contribution in [2.45, 2.75) is 31.3 Å². The fourth-order valence-corrected chi connectivity index (χ4v) is 2.90. The van der Waals surface area contributed by atoms with Crippen LogP contribution in [0.3, 0.4) is 0 Å². The van der Waals surface area contributed by atoms with E-state index in [1.54, 1.807) is 0 Å². The average Bonchev–Trinajstić information content (AvgIpc) is 2.77. The van der Waals surface area contributed by atoms with Crippen LogP contribution in [-0.4, -0.2) is 82.3 Å². The molecule has 0 aliphatic heterocycles. The maximum atomic E-state index is 12.6. The molecule has 0 heterocycles. The first-order valence-corrected chi connectivity index (χ1v) is 11.7. The smallest absolute Gasteiger partial charge is 0.345 e. The Bertz CT molecular complexity index is 1080. The zero-order chi connectivity index (χ0) is 26.8. The predicted molar refractivity (Wildman–Crippen MR) is 114 cm³/mol. The van der Waals surface area contributed by atoms with Crippen LogP contribution in [0, 0.1) is 0 Å². The lowest BCUT2D eigenvalue weighted by atomic mass is 9.96. The summed E-state index contributed by atoms with van der Waals surface area (Å²) in [7, 11) is -3.45. The molecule has 35 heavy (non-hydrogen) atoms. The monoisotopic (exact) mass is 516 g/mol. The Morgan fingerprint density at radius 2 is 1.11 bits per heavy atom. The van der Waals surface area contributed by atoms with Gasteiger partial charge in [-0.1, -0.05) is 0 Å². The van der Waals surface area contributed by atoms with Gasteiger partial charge in [-0.15, -0.1) is 0 Å². The number of rotatable bonds is 12. The van der Waals surface area contributed by atoms with E-state index in [1.165, 1.54) is 38.1 Å². The second-order valence-corrected chi connectivity index (χ2v) is 9.39. The first kappa shape index (κ1) is 29.2. The van der Waals surface area contributed by atoms with Gasteiger partial charge in [0.15, 0.2) is 41.9 Å². The highest BCUT2D eigenvalue weighted by Gasteiger charge is 2.33. The van der Waals surface area contributed by atoms with E-state index in [9.17, 15) is 37.2 Å². The molecule has 0 atom stereocenters. The summed E-state index contributed by atoms with van der Waals surface area (Å²) in [5.74, 6) is -5.66. The Morgan fingerprint density at radius 1 is 0.714 bits per heavy atom. The van der Waals surface area contributed by atoms with Gasteiger partial charge < -0.3 is 23.7 Å². The number of esters is 5. The maximum absolute atomic E-state index is 12.6. The molecular formula is C21H24O13S. The van der Waals surface area contributed by atoms with Gasteiger partial charge in [0, 0.05) is 18.7 Å². The molecule has 13 nitrogen and oxygen atoms in total. The van der Waals surface area contributed by atoms with Gasteiger partial charge in [0.25, 0.3) is 0 Å². The maximum Gasteiger partial charge on any atom is 0.345 e. The number of sulfone groups is 1. The number of Topliss-reactive ketones (excluding diaryl/α,β-unsaturated/α-hetero) is 1. The number of benzene rings is 1. The molecule has 0 aliphatic rings. The van der Waals surface area contributed by atoms with Gasteiger partial charge in [-0.05, 0) is 38.1 Å². The molecule has 0 bridgehead atoms. The van der Waals surface area contributed by atoms with Gasteiger partial charge in [-0.25, -0.2) is 27.6 Å². The van der Waals surface area contributed by atoms with Crippen molar-refractivity contribution in [2.24, 2.45) is 0 Å². The lowest BCUT2D eigenvalue weighted by Gasteiger charge is -2.23. The number of ketones is 1. The normalized spacial score (nSPS) is 11.1. The third-order valence-electron chi connectivity index (χ3n) is 3.91. The van der Waals surface area contributed by atoms with Crippen LogP contribution in [0.5, 0.6) is 0 Å². The predicted octanol–water partition coefficient (Wildman–Crippen LogP) is -0.213. The second-order valence-electron chi connectivity index (χ2n) is 7.37. The molecule has 14 heteroatoms. The topological polar surface area (TPSA) is 183 Å². The van der Waals surface area contributed by atoms with Gasteiger partial charge in [0.1, 0.15) is 0 Å². The van der Waals surface area contributed by atoms with Gasteiger partial charge in [-0.3, -0.25) is 9.59 Å². The molecule has 0 saturated carbocycles. The van der Waals surface area contributed by atoms with Crippen molar-refractivity contribution in [3.8, 4) is 0 Å². The minimum Gasteiger partial charge on any atom is -0.454 e. The van der Waals surface area contributed by atoms with Crippen LogP contribution in [0.2, 0.25) is 0 Å². The van der Waals surface area contributed by atoms with Gasteiger partial charge in [-0.2, -0.15) is 0 Å². The van der Waals surface area contributed by atoms with E-state index in [4.69, 9.17) is 4.74 Å². The lowest BCUT2D eigenvalue weighted by Crippen LogP contribution is -2.38. The quantitative estimate of drug-likeness (QED) is 0.202. The van der Waals surface area contributed by atoms with E-state index in [1.807, 2.05) is 0 Å². The summed E-state index contributed by atoms with van der Waals surface area (Å²) >= 11 is 0. The van der Waals surface area contributed by atoms with Crippen LogP contribution in [0.15, 0.2) is 29.2 Å². The summed E-state index contributed by atoms with van der Waals surface area (Å²) in [5, 5.41) is 0. The Morgan fingerprint density at radius 3 is 1.51 bits per heavy atom. The Hall–Kier alpha value is -3.81. The van der Waals surface area contributed by atoms with Crippen molar-refractivity contribution >= 4 is 45.5 Å². The van der Waals surface area contributed by atoms with Crippen LogP contribution in [0.1, 0.15) is 31.1 Å². The van der Waals surface area contributed by atoms with E-state index in [0.29, 0.717) is 0 Å². The van der Waals surface area contributed by atoms with Crippen LogP contribution in [-0.2, 0) is 57.5 Å². The average molecular weight is 516 g/mol. The summed E-state index contributed by atoms with van der Waals surface area (Å²) < 4.78 is 46.0. The molecule has 0 aromatic heterocycles. The van der Waals surface area contributed by atoms with Crippen molar-refractivity contribution in [2.75, 3.05) is 32.7 Å². The zero-order valence-electron chi connectivity index (χ0n) is 19.4. The number of ether oxygens (including phenoxy) is 5. The molecule has 0 saturated heterocycles. The fourth-order valence-electron chi connectivity index (χ4n) is 2.27. The third kappa shape index (κ3) is 10.8. The second kappa shape index (κ2) is 12.6. The highest BCUT2D eigenvalue weighted by Crippen LogP contribution is 2.19. The highest BCUT2D eigenvalue weighted by molar-refractivity contribution is 7.90. The molecule has 0 N–H and O–H groups in total. The van der Waals surface area contributed by atoms with Crippen molar-refractivity contribution in [1.82, 2.24) is 0 Å². The van der Waals surface area contributed by atoms with Crippen LogP contribution in [0.4, 0.5) is 0 Å². The van der Waals surface area contributed by atoms with E-state index in [-0.39, 0.29) is 10.5 Å². The lowest BCUT2D eigenvalue weighted by molar-refractivity contribution is -0.171. The van der Waals surface area contributed by atoms with Crippen molar-refractivity contribution in [3.63, 3.8) is 0 Å². The number of carbonyl (C=O) groups excluding carboxylic acids is 6. The van der Waals surface area contributed by atoms with E-state index < -0.39 is 77.5 Å². The van der Waals surface area contributed by atoms with Crippen LogP contribution >= 0.6 is 0 Å². The molecule has 0 fully saturated rings. The van der Waals surface area contributed by atoms with E-state index in [0.717, 1.165) is 13.2 Å². The summed E-state index contributed by atoms with van der Waals surface area (Å²) in [6, 6.07) is 5.03. The summed E-state index contributed by atoms with van der Waals surface area (Å²) in [6.45, 7) is 0.325. The molecule has 1 rings (SSSR count). The standard InChI is InChI=1S/C21H24O13S/c1-13(22)30-9-16(23)31-10-17(24)32-11-18(25)33-12-19(26)34-21(2,3)20(27)14-5-7-15(8-6-14)35(4,28)29/h5-8H,9-12H2,1-4H3. The molecule has 0 unspecified atom stereocenters. The molecule has 1 aromatic carbocycles. The van der Waals surface area contributed by atoms with Crippen molar-refractivity contribution in [1.29, 1.82) is 0 Å². The largest absolute Gasteiger partial charge is 0.454 e. The molecule has 0 spiro atoms. The van der Waals surface area contributed by atoms with E-state index >= 15 is 0 Å². The van der Waals surface area contributed by atoms with Crippen LogP contribution in [0.25, 0.3) is 0 Å². The van der Waals surface area contributed by atoms with Gasteiger partial charge in [0.2, 0.25) is 5.78 Å². The molecule has 1 aromatic rings. The van der Waals surface area contributed by atoms with Gasteiger partial charge in [0.05, 0.1) is 4.90 Å². The fraction of sp³-hybridized carbons (Fsp3) is 0.429. The third-order valence-corrected chi connectivity index (χ3v) is 5.04. The summed E-state index contributed by atoms with van der Waals surface area (Å²) in [5.41, 5.74) is -1.58. The Labute approximate surface area is 200 Å². The molecule has 0 aliphatic carbocycles. The Balaban J connectivity index is 2.44. The van der Waals surface area contributed by atoms with Crippen molar-refractivity contribution in [3.05, 3.63) is 29.8 Å². The first-order valence-electron chi connectivity index (χ1n) is 9.79. The number of carbonyl (C=O) groups is 6. The number of hydrogen-bond acceptors (Lipinski definition) is 13. The molecular weight excluding hydrogens is 492 g/mol. The van der Waals surface area contributed by atoms with Crippen molar-refractivity contribution < 1.29 is 60.9 Å². The van der Waals surface area contributed by atoms with Crippen LogP contribution < -0.4 is 0 Å². The molecule has 0 amide bonds. The number of hydrogen-bond donors (Lipinski definition) is 0. The van der Waals surface area contributed by atoms with E-state index in [2.05, 4.69) is 18.9 Å². The molecule has 192 valence electrons.